The highest BCUT2D eigenvalue weighted by molar-refractivity contribution is 7.09. The smallest absolute Gasteiger partial charge is 0.234 e. The summed E-state index contributed by atoms with van der Waals surface area (Å²) in [6.45, 7) is 4.41. The lowest BCUT2D eigenvalue weighted by Gasteiger charge is -2.00. The average molecular weight is 320 g/mol. The highest BCUT2D eigenvalue weighted by Gasteiger charge is 2.16. The van der Waals surface area contributed by atoms with Gasteiger partial charge >= 0.3 is 0 Å². The molecule has 5 heteroatoms. The van der Waals surface area contributed by atoms with E-state index in [4.69, 9.17) is 0 Å². The minimum absolute atomic E-state index is 0. The van der Waals surface area contributed by atoms with Gasteiger partial charge in [-0.2, -0.15) is 4.57 Å². The fraction of sp³-hybridized carbons (Fsp3) is 0.250. The summed E-state index contributed by atoms with van der Waals surface area (Å²) in [6.07, 6.45) is 0. The maximum Gasteiger partial charge on any atom is 0.234 e. The zero-order chi connectivity index (χ0) is 11.7. The lowest BCUT2D eigenvalue weighted by Crippen LogP contribution is -3.00. The minimum Gasteiger partial charge on any atom is -1.00 e. The van der Waals surface area contributed by atoms with Gasteiger partial charge in [-0.3, -0.25) is 0 Å². The molecule has 92 valence electrons. The molecule has 0 amide bonds. The van der Waals surface area contributed by atoms with Gasteiger partial charge in [0.05, 0.1) is 10.9 Å². The quantitative estimate of drug-likeness (QED) is 0.685. The van der Waals surface area contributed by atoms with E-state index in [0.717, 1.165) is 16.8 Å². The number of thiazole rings is 1. The van der Waals surface area contributed by atoms with E-state index in [1.165, 1.54) is 12.1 Å². The van der Waals surface area contributed by atoms with Gasteiger partial charge in [-0.15, -0.1) is 0 Å². The summed E-state index contributed by atoms with van der Waals surface area (Å²) in [7, 11) is 0. The Morgan fingerprint density at radius 1 is 1.24 bits per heavy atom. The third-order valence-corrected chi connectivity index (χ3v) is 3.57. The lowest BCUT2D eigenvalue weighted by molar-refractivity contribution is -0.695. The molecule has 0 N–H and O–H groups in total. The van der Waals surface area contributed by atoms with Gasteiger partial charge in [-0.25, -0.2) is 8.78 Å². The second kappa shape index (κ2) is 5.69. The van der Waals surface area contributed by atoms with Crippen molar-refractivity contribution in [3.05, 3.63) is 51.5 Å². The van der Waals surface area contributed by atoms with Crippen LogP contribution >= 0.6 is 11.3 Å². The van der Waals surface area contributed by atoms with Crippen LogP contribution in [0.1, 0.15) is 16.3 Å². The molecule has 1 nitrogen and oxygen atoms in total. The third kappa shape index (κ3) is 3.10. The number of aromatic nitrogens is 1. The Labute approximate surface area is 113 Å². The zero-order valence-electron chi connectivity index (χ0n) is 9.51. The number of benzene rings is 1. The highest BCUT2D eigenvalue weighted by Crippen LogP contribution is 2.11. The van der Waals surface area contributed by atoms with Crippen LogP contribution in [0.5, 0.6) is 0 Å². The van der Waals surface area contributed by atoms with E-state index in [1.54, 1.807) is 11.3 Å². The van der Waals surface area contributed by atoms with E-state index in [9.17, 15) is 8.78 Å². The second-order valence-corrected chi connectivity index (χ2v) is 4.78. The van der Waals surface area contributed by atoms with Crippen LogP contribution in [0, 0.1) is 25.5 Å². The van der Waals surface area contributed by atoms with Gasteiger partial charge < -0.3 is 17.0 Å². The molecule has 0 radical (unpaired) electrons. The molecule has 1 aromatic carbocycles. The SMILES string of the molecule is Cc1csc(C)[n+]1Cc1ccc(F)cc1F.[Br-]. The maximum absolute atomic E-state index is 13.5. The summed E-state index contributed by atoms with van der Waals surface area (Å²) >= 11 is 1.63. The van der Waals surface area contributed by atoms with Gasteiger partial charge in [-0.05, 0) is 12.1 Å². The fourth-order valence-corrected chi connectivity index (χ4v) is 2.41. The molecule has 1 heterocycles. The highest BCUT2D eigenvalue weighted by atomic mass is 79.9. The Bertz CT molecular complexity index is 506. The number of hydrogen-bond acceptors (Lipinski definition) is 1. The van der Waals surface area contributed by atoms with Crippen molar-refractivity contribution in [2.45, 2.75) is 20.4 Å². The first-order chi connectivity index (χ1) is 7.58. The fourth-order valence-electron chi connectivity index (χ4n) is 1.60. The summed E-state index contributed by atoms with van der Waals surface area (Å²) in [5.74, 6) is -1.03. The summed E-state index contributed by atoms with van der Waals surface area (Å²) in [6, 6.07) is 3.71. The van der Waals surface area contributed by atoms with Crippen LogP contribution in [0.25, 0.3) is 0 Å². The van der Waals surface area contributed by atoms with E-state index in [0.29, 0.717) is 12.1 Å². The first-order valence-electron chi connectivity index (χ1n) is 4.96. The standard InChI is InChI=1S/C12H12F2NS.BrH/c1-8-7-16-9(2)15(8)6-10-3-4-11(13)5-12(10)14;/h3-5,7H,6H2,1-2H3;1H/q+1;/p-1. The lowest BCUT2D eigenvalue weighted by atomic mass is 10.2. The number of hydrogen-bond donors (Lipinski definition) is 0. The summed E-state index contributed by atoms with van der Waals surface area (Å²) in [5, 5.41) is 3.14. The van der Waals surface area contributed by atoms with Crippen molar-refractivity contribution in [2.24, 2.45) is 0 Å². The molecule has 0 unspecified atom stereocenters. The summed E-state index contributed by atoms with van der Waals surface area (Å²) < 4.78 is 28.2. The van der Waals surface area contributed by atoms with Crippen molar-refractivity contribution < 1.29 is 30.3 Å². The molecule has 0 atom stereocenters. The molecule has 17 heavy (non-hydrogen) atoms. The van der Waals surface area contributed by atoms with Gasteiger partial charge in [0.2, 0.25) is 5.01 Å². The van der Waals surface area contributed by atoms with Gasteiger partial charge in [-0.1, -0.05) is 11.3 Å². The molecule has 0 aliphatic rings. The van der Waals surface area contributed by atoms with Gasteiger partial charge in [0.15, 0.2) is 12.2 Å². The van der Waals surface area contributed by atoms with Crippen LogP contribution < -0.4 is 21.5 Å². The number of nitrogens with zero attached hydrogens (tertiary/aromatic N) is 1. The molecule has 2 rings (SSSR count). The summed E-state index contributed by atoms with van der Waals surface area (Å²) in [4.78, 5) is 0. The first kappa shape index (κ1) is 14.3. The second-order valence-electron chi connectivity index (χ2n) is 3.72. The normalized spacial score (nSPS) is 10.1. The third-order valence-electron chi connectivity index (χ3n) is 2.55. The Morgan fingerprint density at radius 3 is 2.47 bits per heavy atom. The molecule has 0 saturated carbocycles. The molecule has 1 aromatic heterocycles. The van der Waals surface area contributed by atoms with E-state index in [2.05, 4.69) is 0 Å². The number of aryl methyl sites for hydroxylation is 2. The molecule has 0 bridgehead atoms. The van der Waals surface area contributed by atoms with Crippen molar-refractivity contribution in [2.75, 3.05) is 0 Å². The van der Waals surface area contributed by atoms with Crippen LogP contribution in [-0.4, -0.2) is 0 Å². The van der Waals surface area contributed by atoms with Crippen molar-refractivity contribution in [3.8, 4) is 0 Å². The van der Waals surface area contributed by atoms with E-state index in [1.807, 2.05) is 23.8 Å². The minimum atomic E-state index is -0.537. The van der Waals surface area contributed by atoms with E-state index < -0.39 is 11.6 Å². The topological polar surface area (TPSA) is 3.88 Å². The zero-order valence-corrected chi connectivity index (χ0v) is 11.9. The predicted octanol–water partition coefficient (Wildman–Crippen LogP) is -0.0171. The van der Waals surface area contributed by atoms with Crippen LogP contribution in [0.2, 0.25) is 0 Å². The van der Waals surface area contributed by atoms with Crippen molar-refractivity contribution >= 4 is 11.3 Å². The average Bonchev–Trinajstić information content (AvgIpc) is 2.53. The number of halogens is 3. The van der Waals surface area contributed by atoms with Gasteiger partial charge in [0.25, 0.3) is 0 Å². The molecular formula is C12H12BrF2NS. The molecular weight excluding hydrogens is 308 g/mol. The van der Waals surface area contributed by atoms with Crippen LogP contribution in [0.15, 0.2) is 23.6 Å². The molecule has 0 fully saturated rings. The predicted molar refractivity (Wildman–Crippen MR) is 59.4 cm³/mol. The Hall–Kier alpha value is -0.810. The van der Waals surface area contributed by atoms with Gasteiger partial charge in [0, 0.05) is 19.9 Å². The first-order valence-corrected chi connectivity index (χ1v) is 5.84. The molecule has 0 aliphatic carbocycles. The van der Waals surface area contributed by atoms with Crippen molar-refractivity contribution in [1.29, 1.82) is 0 Å². The van der Waals surface area contributed by atoms with Crippen molar-refractivity contribution in [1.82, 2.24) is 0 Å². The Balaban J connectivity index is 0.00000144. The number of rotatable bonds is 2. The molecule has 2 aromatic rings. The van der Waals surface area contributed by atoms with E-state index in [-0.39, 0.29) is 17.0 Å². The van der Waals surface area contributed by atoms with E-state index >= 15 is 0 Å². The largest absolute Gasteiger partial charge is 1.00 e. The monoisotopic (exact) mass is 319 g/mol. The maximum atomic E-state index is 13.5. The molecule has 0 saturated heterocycles. The van der Waals surface area contributed by atoms with Crippen molar-refractivity contribution in [3.63, 3.8) is 0 Å². The summed E-state index contributed by atoms with van der Waals surface area (Å²) in [5.41, 5.74) is 1.60. The van der Waals surface area contributed by atoms with Crippen LogP contribution in [-0.2, 0) is 6.54 Å². The molecule has 0 spiro atoms. The van der Waals surface area contributed by atoms with Gasteiger partial charge in [0.1, 0.15) is 11.6 Å². The Morgan fingerprint density at radius 2 is 1.94 bits per heavy atom. The van der Waals surface area contributed by atoms with Crippen LogP contribution in [0.3, 0.4) is 0 Å². The van der Waals surface area contributed by atoms with Crippen LogP contribution in [0.4, 0.5) is 8.78 Å². The Kier molecular flexibility index (Phi) is 4.77. The molecule has 0 aliphatic heterocycles.